The van der Waals surface area contributed by atoms with E-state index in [9.17, 15) is 14.4 Å². The Morgan fingerprint density at radius 2 is 1.67 bits per heavy atom. The third-order valence-electron chi connectivity index (χ3n) is 3.25. The van der Waals surface area contributed by atoms with E-state index in [0.717, 1.165) is 11.3 Å². The summed E-state index contributed by atoms with van der Waals surface area (Å²) in [6, 6.07) is 3.06. The molecule has 0 spiro atoms. The van der Waals surface area contributed by atoms with Crippen LogP contribution in [-0.4, -0.2) is 30.1 Å². The number of carbonyl (C=O) groups excluding carboxylic acids is 3. The maximum Gasteiger partial charge on any atom is 0.348 e. The van der Waals surface area contributed by atoms with E-state index in [1.54, 1.807) is 40.7 Å². The minimum atomic E-state index is -0.627. The van der Waals surface area contributed by atoms with Gasteiger partial charge in [-0.25, -0.2) is 9.59 Å². The van der Waals surface area contributed by atoms with Gasteiger partial charge in [0.15, 0.2) is 10.4 Å². The first-order chi connectivity index (χ1) is 12.6. The van der Waals surface area contributed by atoms with Crippen molar-refractivity contribution >= 4 is 50.1 Å². The standard InChI is InChI=1S/C18H20BrNO6S/c1-8(2)24-17(22)13-10(5)14(18(23)25-9(3)4)27-16(13)20-15(21)11-6-7-12(19)26-11/h6-9H,1-5H3,(H,20,21). The van der Waals surface area contributed by atoms with Crippen LogP contribution in [0.1, 0.15) is 63.8 Å². The molecule has 2 aromatic heterocycles. The van der Waals surface area contributed by atoms with Crippen LogP contribution in [0, 0.1) is 6.92 Å². The lowest BCUT2D eigenvalue weighted by atomic mass is 10.1. The van der Waals surface area contributed by atoms with Gasteiger partial charge in [-0.15, -0.1) is 11.3 Å². The second-order valence-electron chi connectivity index (χ2n) is 6.23. The van der Waals surface area contributed by atoms with E-state index in [1.165, 1.54) is 6.07 Å². The maximum atomic E-state index is 12.5. The second-order valence-corrected chi connectivity index (χ2v) is 8.03. The molecule has 0 saturated heterocycles. The number of anilines is 1. The van der Waals surface area contributed by atoms with Gasteiger partial charge in [-0.05, 0) is 68.2 Å². The lowest BCUT2D eigenvalue weighted by Crippen LogP contribution is -2.17. The van der Waals surface area contributed by atoms with Gasteiger partial charge in [0, 0.05) is 0 Å². The Balaban J connectivity index is 2.42. The first kappa shape index (κ1) is 21.2. The second kappa shape index (κ2) is 8.71. The summed E-state index contributed by atoms with van der Waals surface area (Å²) in [5.74, 6) is -1.68. The molecule has 0 saturated carbocycles. The van der Waals surface area contributed by atoms with E-state index in [4.69, 9.17) is 13.9 Å². The quantitative estimate of drug-likeness (QED) is 0.626. The van der Waals surface area contributed by atoms with Gasteiger partial charge in [-0.3, -0.25) is 4.79 Å². The topological polar surface area (TPSA) is 94.8 Å². The molecule has 0 unspecified atom stereocenters. The summed E-state index contributed by atoms with van der Waals surface area (Å²) in [5.41, 5.74) is 0.524. The molecule has 0 atom stereocenters. The highest BCUT2D eigenvalue weighted by atomic mass is 79.9. The molecule has 27 heavy (non-hydrogen) atoms. The monoisotopic (exact) mass is 457 g/mol. The number of halogens is 1. The van der Waals surface area contributed by atoms with E-state index >= 15 is 0 Å². The van der Waals surface area contributed by atoms with Crippen LogP contribution in [0.5, 0.6) is 0 Å². The average molecular weight is 458 g/mol. The van der Waals surface area contributed by atoms with Gasteiger partial charge in [0.05, 0.1) is 17.8 Å². The number of hydrogen-bond donors (Lipinski definition) is 1. The van der Waals surface area contributed by atoms with E-state index in [-0.39, 0.29) is 33.4 Å². The summed E-state index contributed by atoms with van der Waals surface area (Å²) < 4.78 is 16.1. The van der Waals surface area contributed by atoms with Gasteiger partial charge < -0.3 is 19.2 Å². The third kappa shape index (κ3) is 5.20. The Kier molecular flexibility index (Phi) is 6.83. The minimum Gasteiger partial charge on any atom is -0.459 e. The maximum absolute atomic E-state index is 12.5. The van der Waals surface area contributed by atoms with Crippen LogP contribution in [-0.2, 0) is 9.47 Å². The Hall–Kier alpha value is -2.13. The predicted octanol–water partition coefficient (Wildman–Crippen LogP) is 4.79. The van der Waals surface area contributed by atoms with Crippen LogP contribution in [0.3, 0.4) is 0 Å². The van der Waals surface area contributed by atoms with Crippen molar-refractivity contribution in [2.24, 2.45) is 0 Å². The van der Waals surface area contributed by atoms with E-state index in [1.807, 2.05) is 0 Å². The molecule has 0 aromatic carbocycles. The van der Waals surface area contributed by atoms with Gasteiger partial charge in [-0.2, -0.15) is 0 Å². The SMILES string of the molecule is Cc1c(C(=O)OC(C)C)sc(NC(=O)c2ccc(Br)o2)c1C(=O)OC(C)C. The van der Waals surface area contributed by atoms with Crippen molar-refractivity contribution in [2.45, 2.75) is 46.8 Å². The fraction of sp³-hybridized carbons (Fsp3) is 0.389. The molecule has 0 aliphatic carbocycles. The van der Waals surface area contributed by atoms with Gasteiger partial charge in [0.25, 0.3) is 5.91 Å². The molecule has 0 bridgehead atoms. The first-order valence-corrected chi connectivity index (χ1v) is 9.83. The lowest BCUT2D eigenvalue weighted by Gasteiger charge is -2.10. The number of thiophene rings is 1. The molecule has 2 rings (SSSR count). The van der Waals surface area contributed by atoms with Crippen molar-refractivity contribution in [3.63, 3.8) is 0 Å². The zero-order chi connectivity index (χ0) is 20.3. The van der Waals surface area contributed by atoms with Crippen LogP contribution in [0.2, 0.25) is 0 Å². The summed E-state index contributed by atoms with van der Waals surface area (Å²) in [6.07, 6.45) is -0.670. The molecule has 2 heterocycles. The zero-order valence-corrected chi connectivity index (χ0v) is 17.9. The zero-order valence-electron chi connectivity index (χ0n) is 15.5. The van der Waals surface area contributed by atoms with Crippen molar-refractivity contribution in [1.82, 2.24) is 0 Å². The van der Waals surface area contributed by atoms with Gasteiger partial charge in [0.2, 0.25) is 0 Å². The third-order valence-corrected chi connectivity index (χ3v) is 4.86. The van der Waals surface area contributed by atoms with Crippen LogP contribution in [0.25, 0.3) is 0 Å². The largest absolute Gasteiger partial charge is 0.459 e. The predicted molar refractivity (Wildman–Crippen MR) is 105 cm³/mol. The lowest BCUT2D eigenvalue weighted by molar-refractivity contribution is 0.0378. The normalized spacial score (nSPS) is 11.0. The van der Waals surface area contributed by atoms with E-state index in [0.29, 0.717) is 10.2 Å². The number of hydrogen-bond acceptors (Lipinski definition) is 7. The highest BCUT2D eigenvalue weighted by molar-refractivity contribution is 9.10. The average Bonchev–Trinajstić information content (AvgIpc) is 3.09. The van der Waals surface area contributed by atoms with Gasteiger partial charge in [0.1, 0.15) is 9.88 Å². The molecule has 0 fully saturated rings. The fourth-order valence-corrected chi connectivity index (χ4v) is 3.56. The van der Waals surface area contributed by atoms with Crippen molar-refractivity contribution in [3.05, 3.63) is 38.6 Å². The minimum absolute atomic E-state index is 0.0578. The molecule has 146 valence electrons. The van der Waals surface area contributed by atoms with Gasteiger partial charge in [-0.1, -0.05) is 0 Å². The summed E-state index contributed by atoms with van der Waals surface area (Å²) in [7, 11) is 0. The van der Waals surface area contributed by atoms with Crippen molar-refractivity contribution in [3.8, 4) is 0 Å². The molecule has 2 aromatic rings. The molecular weight excluding hydrogens is 438 g/mol. The summed E-state index contributed by atoms with van der Waals surface area (Å²) in [4.78, 5) is 37.5. The van der Waals surface area contributed by atoms with E-state index < -0.39 is 17.8 Å². The smallest absolute Gasteiger partial charge is 0.348 e. The van der Waals surface area contributed by atoms with Crippen molar-refractivity contribution < 1.29 is 28.3 Å². The highest BCUT2D eigenvalue weighted by Crippen LogP contribution is 2.35. The Labute approximate surface area is 169 Å². The van der Waals surface area contributed by atoms with Crippen molar-refractivity contribution in [2.75, 3.05) is 5.32 Å². The summed E-state index contributed by atoms with van der Waals surface area (Å²) in [6.45, 7) is 8.50. The number of nitrogens with one attached hydrogen (secondary N) is 1. The van der Waals surface area contributed by atoms with Gasteiger partial charge >= 0.3 is 11.9 Å². The number of amides is 1. The molecule has 0 aliphatic rings. The Morgan fingerprint density at radius 1 is 1.07 bits per heavy atom. The molecule has 7 nitrogen and oxygen atoms in total. The number of esters is 2. The molecule has 9 heteroatoms. The Morgan fingerprint density at radius 3 is 2.19 bits per heavy atom. The molecular formula is C18H20BrNO6S. The highest BCUT2D eigenvalue weighted by Gasteiger charge is 2.29. The van der Waals surface area contributed by atoms with E-state index in [2.05, 4.69) is 21.2 Å². The van der Waals surface area contributed by atoms with Crippen LogP contribution in [0.15, 0.2) is 21.2 Å². The first-order valence-electron chi connectivity index (χ1n) is 8.22. The van der Waals surface area contributed by atoms with Crippen molar-refractivity contribution in [1.29, 1.82) is 0 Å². The number of rotatable bonds is 6. The molecule has 0 aliphatic heterocycles. The van der Waals surface area contributed by atoms with Crippen LogP contribution >= 0.6 is 27.3 Å². The number of carbonyl (C=O) groups is 3. The molecule has 0 radical (unpaired) electrons. The molecule has 1 amide bonds. The number of furan rings is 1. The van der Waals surface area contributed by atoms with Crippen LogP contribution < -0.4 is 5.32 Å². The summed E-state index contributed by atoms with van der Waals surface area (Å²) in [5, 5.41) is 2.82. The number of ether oxygens (including phenoxy) is 2. The van der Waals surface area contributed by atoms with Crippen LogP contribution in [0.4, 0.5) is 5.00 Å². The fourth-order valence-electron chi connectivity index (χ4n) is 2.18. The molecule has 1 N–H and O–H groups in total. The summed E-state index contributed by atoms with van der Waals surface area (Å²) >= 11 is 4.09. The Bertz CT molecular complexity index is 867.